The lowest BCUT2D eigenvalue weighted by Crippen LogP contribution is -2.49. The number of amides is 1. The van der Waals surface area contributed by atoms with Crippen LogP contribution in [0.15, 0.2) is 21.7 Å². The SMILES string of the molecule is CCNC(=NCCCNC(=O)c1occc1C)NC1CCN(CC(C)C)CC1.I. The Balaban J connectivity index is 0.00000420. The Morgan fingerprint density at radius 1 is 1.31 bits per heavy atom. The van der Waals surface area contributed by atoms with Crippen LogP contribution in [-0.4, -0.2) is 62.1 Å². The summed E-state index contributed by atoms with van der Waals surface area (Å²) in [5.74, 6) is 1.82. The Morgan fingerprint density at radius 2 is 2.03 bits per heavy atom. The van der Waals surface area contributed by atoms with Crippen LogP contribution >= 0.6 is 24.0 Å². The second-order valence-electron chi connectivity index (χ2n) is 7.92. The first-order chi connectivity index (χ1) is 13.5. The smallest absolute Gasteiger partial charge is 0.287 e. The second kappa shape index (κ2) is 13.8. The zero-order valence-electron chi connectivity index (χ0n) is 18.3. The van der Waals surface area contributed by atoms with Crippen molar-refractivity contribution in [3.05, 3.63) is 23.7 Å². The molecule has 0 saturated carbocycles. The van der Waals surface area contributed by atoms with E-state index in [1.165, 1.54) is 12.8 Å². The maximum Gasteiger partial charge on any atom is 0.287 e. The number of likely N-dealkylation sites (tertiary alicyclic amines) is 1. The maximum absolute atomic E-state index is 12.0. The zero-order chi connectivity index (χ0) is 20.4. The number of piperidine rings is 1. The monoisotopic (exact) mass is 519 g/mol. The molecule has 1 aromatic heterocycles. The number of hydrogen-bond acceptors (Lipinski definition) is 4. The Morgan fingerprint density at radius 3 is 2.62 bits per heavy atom. The van der Waals surface area contributed by atoms with E-state index >= 15 is 0 Å². The highest BCUT2D eigenvalue weighted by atomic mass is 127. The molecule has 1 aromatic rings. The number of furan rings is 1. The molecule has 0 aliphatic carbocycles. The van der Waals surface area contributed by atoms with Crippen molar-refractivity contribution in [3.63, 3.8) is 0 Å². The number of carbonyl (C=O) groups is 1. The average molecular weight is 519 g/mol. The van der Waals surface area contributed by atoms with Gasteiger partial charge in [-0.25, -0.2) is 0 Å². The molecular weight excluding hydrogens is 481 g/mol. The van der Waals surface area contributed by atoms with Crippen LogP contribution in [0.25, 0.3) is 0 Å². The van der Waals surface area contributed by atoms with Gasteiger partial charge in [0, 0.05) is 50.9 Å². The first-order valence-corrected chi connectivity index (χ1v) is 10.6. The number of guanidine groups is 1. The van der Waals surface area contributed by atoms with Crippen LogP contribution in [0.2, 0.25) is 0 Å². The number of nitrogens with zero attached hydrogens (tertiary/aromatic N) is 2. The molecule has 1 saturated heterocycles. The van der Waals surface area contributed by atoms with E-state index in [4.69, 9.17) is 4.42 Å². The minimum absolute atomic E-state index is 0. The van der Waals surface area contributed by atoms with Crippen molar-refractivity contribution in [1.82, 2.24) is 20.9 Å². The van der Waals surface area contributed by atoms with Gasteiger partial charge in [0.1, 0.15) is 0 Å². The highest BCUT2D eigenvalue weighted by molar-refractivity contribution is 14.0. The summed E-state index contributed by atoms with van der Waals surface area (Å²) in [6.45, 7) is 14.1. The van der Waals surface area contributed by atoms with Crippen molar-refractivity contribution in [2.45, 2.75) is 53.0 Å². The molecule has 0 bridgehead atoms. The van der Waals surface area contributed by atoms with Crippen molar-refractivity contribution < 1.29 is 9.21 Å². The van der Waals surface area contributed by atoms with Gasteiger partial charge in [-0.05, 0) is 45.1 Å². The summed E-state index contributed by atoms with van der Waals surface area (Å²) in [5.41, 5.74) is 0.855. The molecule has 2 heterocycles. The van der Waals surface area contributed by atoms with Gasteiger partial charge in [-0.3, -0.25) is 9.79 Å². The van der Waals surface area contributed by atoms with Gasteiger partial charge >= 0.3 is 0 Å². The maximum atomic E-state index is 12.0. The summed E-state index contributed by atoms with van der Waals surface area (Å²) in [6, 6.07) is 2.27. The van der Waals surface area contributed by atoms with E-state index < -0.39 is 0 Å². The van der Waals surface area contributed by atoms with Gasteiger partial charge < -0.3 is 25.3 Å². The highest BCUT2D eigenvalue weighted by Gasteiger charge is 2.20. The lowest BCUT2D eigenvalue weighted by molar-refractivity contribution is 0.0925. The topological polar surface area (TPSA) is 81.9 Å². The first kappa shape index (κ1) is 25.7. The average Bonchev–Trinajstić information content (AvgIpc) is 3.08. The van der Waals surface area contributed by atoms with Gasteiger partial charge in [0.25, 0.3) is 5.91 Å². The van der Waals surface area contributed by atoms with Crippen LogP contribution in [0.1, 0.15) is 56.2 Å². The van der Waals surface area contributed by atoms with Crippen LogP contribution in [0.5, 0.6) is 0 Å². The predicted octanol–water partition coefficient (Wildman–Crippen LogP) is 3.00. The van der Waals surface area contributed by atoms with Crippen molar-refractivity contribution >= 4 is 35.8 Å². The Kier molecular flexibility index (Phi) is 12.3. The van der Waals surface area contributed by atoms with E-state index in [1.807, 2.05) is 6.92 Å². The van der Waals surface area contributed by atoms with Crippen molar-refractivity contribution in [2.24, 2.45) is 10.9 Å². The zero-order valence-corrected chi connectivity index (χ0v) is 20.6. The normalized spacial score (nSPS) is 15.8. The van der Waals surface area contributed by atoms with E-state index in [0.717, 1.165) is 56.3 Å². The van der Waals surface area contributed by atoms with E-state index in [-0.39, 0.29) is 29.9 Å². The molecule has 1 aliphatic rings. The van der Waals surface area contributed by atoms with Gasteiger partial charge in [0.2, 0.25) is 0 Å². The van der Waals surface area contributed by atoms with Gasteiger partial charge in [-0.15, -0.1) is 24.0 Å². The van der Waals surface area contributed by atoms with Crippen LogP contribution in [0.4, 0.5) is 0 Å². The summed E-state index contributed by atoms with van der Waals surface area (Å²) < 4.78 is 5.20. The molecule has 8 heteroatoms. The molecule has 1 fully saturated rings. The van der Waals surface area contributed by atoms with E-state index in [9.17, 15) is 4.79 Å². The van der Waals surface area contributed by atoms with Crippen LogP contribution in [0.3, 0.4) is 0 Å². The number of nitrogens with one attached hydrogen (secondary N) is 3. The fraction of sp³-hybridized carbons (Fsp3) is 0.714. The largest absolute Gasteiger partial charge is 0.459 e. The third-order valence-corrected chi connectivity index (χ3v) is 4.85. The molecular formula is C21H38IN5O2. The molecule has 7 nitrogen and oxygen atoms in total. The van der Waals surface area contributed by atoms with E-state index in [2.05, 4.69) is 46.6 Å². The van der Waals surface area contributed by atoms with Crippen molar-refractivity contribution in [3.8, 4) is 0 Å². The fourth-order valence-corrected chi connectivity index (χ4v) is 3.45. The fourth-order valence-electron chi connectivity index (χ4n) is 3.45. The predicted molar refractivity (Wildman–Crippen MR) is 129 cm³/mol. The third-order valence-electron chi connectivity index (χ3n) is 4.85. The number of halogens is 1. The Hall–Kier alpha value is -1.29. The summed E-state index contributed by atoms with van der Waals surface area (Å²) in [5, 5.41) is 9.78. The summed E-state index contributed by atoms with van der Waals surface area (Å²) in [4.78, 5) is 19.2. The number of rotatable bonds is 9. The lowest BCUT2D eigenvalue weighted by atomic mass is 10.0. The molecule has 166 valence electrons. The number of aryl methyl sites for hydroxylation is 1. The van der Waals surface area contributed by atoms with E-state index in [1.54, 1.807) is 6.07 Å². The standard InChI is InChI=1S/C21H37N5O2.HI/c1-5-22-21(25-18-7-12-26(13-8-18)15-16(2)3)24-11-6-10-23-20(27)19-17(4)9-14-28-19;/h9,14,16,18H,5-8,10-13,15H2,1-4H3,(H,23,27)(H2,22,24,25);1H. The molecule has 1 aliphatic heterocycles. The van der Waals surface area contributed by atoms with Gasteiger partial charge in [0.05, 0.1) is 6.26 Å². The molecule has 29 heavy (non-hydrogen) atoms. The Labute approximate surface area is 192 Å². The van der Waals surface area contributed by atoms with Crippen LogP contribution in [-0.2, 0) is 0 Å². The second-order valence-corrected chi connectivity index (χ2v) is 7.92. The lowest BCUT2D eigenvalue weighted by Gasteiger charge is -2.34. The first-order valence-electron chi connectivity index (χ1n) is 10.6. The van der Waals surface area contributed by atoms with E-state index in [0.29, 0.717) is 24.9 Å². The molecule has 0 unspecified atom stereocenters. The Bertz CT molecular complexity index is 624. The van der Waals surface area contributed by atoms with Crippen LogP contribution < -0.4 is 16.0 Å². The molecule has 0 aromatic carbocycles. The van der Waals surface area contributed by atoms with Gasteiger partial charge in [-0.1, -0.05) is 13.8 Å². The quantitative estimate of drug-likeness (QED) is 0.202. The van der Waals surface area contributed by atoms with Gasteiger partial charge in [0.15, 0.2) is 11.7 Å². The molecule has 0 spiro atoms. The third kappa shape index (κ3) is 9.37. The number of aliphatic imine (C=N–C) groups is 1. The highest BCUT2D eigenvalue weighted by Crippen LogP contribution is 2.12. The molecule has 0 radical (unpaired) electrons. The van der Waals surface area contributed by atoms with Crippen molar-refractivity contribution in [1.29, 1.82) is 0 Å². The number of carbonyl (C=O) groups excluding carboxylic acids is 1. The van der Waals surface area contributed by atoms with Gasteiger partial charge in [-0.2, -0.15) is 0 Å². The molecule has 3 N–H and O–H groups in total. The molecule has 2 rings (SSSR count). The van der Waals surface area contributed by atoms with Crippen LogP contribution in [0, 0.1) is 12.8 Å². The minimum atomic E-state index is -0.162. The summed E-state index contributed by atoms with van der Waals surface area (Å²) >= 11 is 0. The number of hydrogen-bond donors (Lipinski definition) is 3. The summed E-state index contributed by atoms with van der Waals surface area (Å²) in [7, 11) is 0. The van der Waals surface area contributed by atoms with Crippen molar-refractivity contribution in [2.75, 3.05) is 39.3 Å². The molecule has 0 atom stereocenters. The minimum Gasteiger partial charge on any atom is -0.459 e. The molecule has 1 amide bonds. The summed E-state index contributed by atoms with van der Waals surface area (Å²) in [6.07, 6.45) is 4.62.